The number of β-amino-alcohol motifs (C(OH)–C–C–N with tert-alkyl or cyclic N) is 1. The number of hydrogen-bond donors (Lipinski definition) is 2. The van der Waals surface area contributed by atoms with Crippen LogP contribution in [0, 0.1) is 0 Å². The number of carbonyl (C=O) groups excluding carboxylic acids is 1. The molecule has 0 spiro atoms. The summed E-state index contributed by atoms with van der Waals surface area (Å²) in [6, 6.07) is 3.68. The molecule has 1 aliphatic rings. The van der Waals surface area contributed by atoms with Crippen LogP contribution in [0.4, 0.5) is 5.69 Å². The first-order chi connectivity index (χ1) is 9.16. The number of likely N-dealkylation sites (tertiary alicyclic amines) is 1. The van der Waals surface area contributed by atoms with Crippen molar-refractivity contribution in [3.63, 3.8) is 0 Å². The van der Waals surface area contributed by atoms with E-state index in [0.717, 1.165) is 23.1 Å². The van der Waals surface area contributed by atoms with Crippen LogP contribution in [-0.2, 0) is 0 Å². The van der Waals surface area contributed by atoms with Crippen molar-refractivity contribution in [2.24, 2.45) is 0 Å². The molecule has 0 saturated carbocycles. The number of thiophene rings is 1. The molecule has 3 heterocycles. The Kier molecular flexibility index (Phi) is 3.12. The predicted molar refractivity (Wildman–Crippen MR) is 75.2 cm³/mol. The van der Waals surface area contributed by atoms with Gasteiger partial charge in [-0.3, -0.25) is 4.79 Å². The second-order valence-corrected chi connectivity index (χ2v) is 5.75. The van der Waals surface area contributed by atoms with Crippen LogP contribution in [0.15, 0.2) is 18.3 Å². The Morgan fingerprint density at radius 1 is 1.58 bits per heavy atom. The first-order valence-electron chi connectivity index (χ1n) is 6.27. The molecule has 1 saturated heterocycles. The van der Waals surface area contributed by atoms with E-state index in [1.165, 1.54) is 11.3 Å². The molecular weight excluding hydrogens is 262 g/mol. The number of nitrogen functional groups attached to an aromatic ring is 1. The molecule has 1 unspecified atom stereocenters. The first kappa shape index (κ1) is 12.4. The SMILES string of the molecule is Nc1c(C(=O)N2CCCC(O)C2)sc2ncccc12. The number of nitrogens with zero attached hydrogens (tertiary/aromatic N) is 2. The minimum absolute atomic E-state index is 0.0979. The van der Waals surface area contributed by atoms with Gasteiger partial charge >= 0.3 is 0 Å². The average molecular weight is 277 g/mol. The number of rotatable bonds is 1. The molecule has 1 aliphatic heterocycles. The van der Waals surface area contributed by atoms with E-state index in [2.05, 4.69) is 4.98 Å². The molecule has 1 fully saturated rings. The van der Waals surface area contributed by atoms with Crippen molar-refractivity contribution in [2.45, 2.75) is 18.9 Å². The van der Waals surface area contributed by atoms with E-state index in [4.69, 9.17) is 5.73 Å². The maximum Gasteiger partial charge on any atom is 0.266 e. The van der Waals surface area contributed by atoms with Gasteiger partial charge in [-0.15, -0.1) is 11.3 Å². The zero-order valence-electron chi connectivity index (χ0n) is 10.4. The third-order valence-corrected chi connectivity index (χ3v) is 4.50. The summed E-state index contributed by atoms with van der Waals surface area (Å²) in [7, 11) is 0. The van der Waals surface area contributed by atoms with Gasteiger partial charge in [-0.05, 0) is 25.0 Å². The third kappa shape index (κ3) is 2.17. The molecular formula is C13H15N3O2S. The fourth-order valence-corrected chi connectivity index (χ4v) is 3.42. The second-order valence-electron chi connectivity index (χ2n) is 4.75. The van der Waals surface area contributed by atoms with Crippen molar-refractivity contribution < 1.29 is 9.90 Å². The molecule has 5 nitrogen and oxygen atoms in total. The fourth-order valence-electron chi connectivity index (χ4n) is 2.39. The molecule has 3 rings (SSSR count). The van der Waals surface area contributed by atoms with Crippen LogP contribution in [0.5, 0.6) is 0 Å². The topological polar surface area (TPSA) is 79.5 Å². The normalized spacial score (nSPS) is 19.8. The third-order valence-electron chi connectivity index (χ3n) is 3.38. The Labute approximate surface area is 114 Å². The number of aromatic nitrogens is 1. The lowest BCUT2D eigenvalue weighted by Crippen LogP contribution is -2.42. The molecule has 100 valence electrons. The van der Waals surface area contributed by atoms with E-state index in [9.17, 15) is 9.90 Å². The molecule has 3 N–H and O–H groups in total. The molecule has 2 aromatic heterocycles. The number of anilines is 1. The lowest BCUT2D eigenvalue weighted by Gasteiger charge is -2.29. The minimum Gasteiger partial charge on any atom is -0.397 e. The smallest absolute Gasteiger partial charge is 0.266 e. The van der Waals surface area contributed by atoms with Crippen LogP contribution in [0.3, 0.4) is 0 Å². The highest BCUT2D eigenvalue weighted by Gasteiger charge is 2.26. The Morgan fingerprint density at radius 2 is 2.42 bits per heavy atom. The monoisotopic (exact) mass is 277 g/mol. The largest absolute Gasteiger partial charge is 0.397 e. The molecule has 0 aliphatic carbocycles. The number of pyridine rings is 1. The summed E-state index contributed by atoms with van der Waals surface area (Å²) in [5.41, 5.74) is 6.54. The zero-order chi connectivity index (χ0) is 13.4. The molecule has 1 amide bonds. The highest BCUT2D eigenvalue weighted by Crippen LogP contribution is 2.33. The van der Waals surface area contributed by atoms with E-state index in [1.54, 1.807) is 11.1 Å². The summed E-state index contributed by atoms with van der Waals surface area (Å²) >= 11 is 1.32. The van der Waals surface area contributed by atoms with Gasteiger partial charge in [0.05, 0.1) is 11.8 Å². The number of fused-ring (bicyclic) bond motifs is 1. The van der Waals surface area contributed by atoms with Crippen molar-refractivity contribution in [2.75, 3.05) is 18.8 Å². The van der Waals surface area contributed by atoms with Crippen LogP contribution < -0.4 is 5.73 Å². The summed E-state index contributed by atoms with van der Waals surface area (Å²) in [6.07, 6.45) is 2.85. The van der Waals surface area contributed by atoms with Crippen molar-refractivity contribution >= 4 is 33.1 Å². The van der Waals surface area contributed by atoms with Crippen molar-refractivity contribution in [3.8, 4) is 0 Å². The van der Waals surface area contributed by atoms with Gasteiger partial charge in [-0.1, -0.05) is 0 Å². The number of piperidine rings is 1. The summed E-state index contributed by atoms with van der Waals surface area (Å²) < 4.78 is 0. The van der Waals surface area contributed by atoms with E-state index in [0.29, 0.717) is 23.7 Å². The van der Waals surface area contributed by atoms with E-state index in [-0.39, 0.29) is 5.91 Å². The van der Waals surface area contributed by atoms with Gasteiger partial charge in [-0.2, -0.15) is 0 Å². The molecule has 19 heavy (non-hydrogen) atoms. The van der Waals surface area contributed by atoms with Crippen molar-refractivity contribution in [3.05, 3.63) is 23.2 Å². The maximum atomic E-state index is 12.5. The standard InChI is InChI=1S/C13H15N3O2S/c14-10-9-4-1-5-15-12(9)19-11(10)13(18)16-6-2-3-8(17)7-16/h1,4-5,8,17H,2-3,6-7,14H2. The summed E-state index contributed by atoms with van der Waals surface area (Å²) in [5.74, 6) is -0.0979. The Morgan fingerprint density at radius 3 is 3.16 bits per heavy atom. The van der Waals surface area contributed by atoms with Crippen LogP contribution in [-0.4, -0.2) is 40.1 Å². The van der Waals surface area contributed by atoms with Gasteiger partial charge in [0, 0.05) is 24.7 Å². The molecule has 2 aromatic rings. The number of nitrogens with two attached hydrogens (primary N) is 1. The Hall–Kier alpha value is -1.66. The minimum atomic E-state index is -0.425. The lowest BCUT2D eigenvalue weighted by atomic mass is 10.1. The maximum absolute atomic E-state index is 12.5. The summed E-state index contributed by atoms with van der Waals surface area (Å²) in [5, 5.41) is 10.5. The molecule has 1 atom stereocenters. The zero-order valence-corrected chi connectivity index (χ0v) is 11.2. The molecule has 6 heteroatoms. The van der Waals surface area contributed by atoms with Gasteiger partial charge in [0.15, 0.2) is 0 Å². The van der Waals surface area contributed by atoms with E-state index in [1.807, 2.05) is 12.1 Å². The Bertz CT molecular complexity index is 625. The molecule has 0 aromatic carbocycles. The van der Waals surface area contributed by atoms with Crippen molar-refractivity contribution in [1.29, 1.82) is 0 Å². The highest BCUT2D eigenvalue weighted by molar-refractivity contribution is 7.21. The van der Waals surface area contributed by atoms with Crippen LogP contribution in [0.2, 0.25) is 0 Å². The summed E-state index contributed by atoms with van der Waals surface area (Å²) in [4.78, 5) is 19.7. The number of hydrogen-bond acceptors (Lipinski definition) is 5. The van der Waals surface area contributed by atoms with Crippen LogP contribution in [0.1, 0.15) is 22.5 Å². The van der Waals surface area contributed by atoms with Gasteiger partial charge in [0.25, 0.3) is 5.91 Å². The van der Waals surface area contributed by atoms with Crippen LogP contribution in [0.25, 0.3) is 10.2 Å². The Balaban J connectivity index is 1.95. The fraction of sp³-hybridized carbons (Fsp3) is 0.385. The molecule has 0 radical (unpaired) electrons. The van der Waals surface area contributed by atoms with Gasteiger partial charge in [0.2, 0.25) is 0 Å². The van der Waals surface area contributed by atoms with Gasteiger partial charge in [0.1, 0.15) is 9.71 Å². The van der Waals surface area contributed by atoms with Gasteiger partial charge < -0.3 is 15.7 Å². The van der Waals surface area contributed by atoms with Crippen molar-refractivity contribution in [1.82, 2.24) is 9.88 Å². The quantitative estimate of drug-likeness (QED) is 0.827. The average Bonchev–Trinajstić information content (AvgIpc) is 2.76. The number of aliphatic hydroxyl groups excluding tert-OH is 1. The highest BCUT2D eigenvalue weighted by atomic mass is 32.1. The summed E-state index contributed by atoms with van der Waals surface area (Å²) in [6.45, 7) is 1.07. The van der Waals surface area contributed by atoms with E-state index < -0.39 is 6.10 Å². The second kappa shape index (κ2) is 4.79. The van der Waals surface area contributed by atoms with Gasteiger partial charge in [-0.25, -0.2) is 4.98 Å². The van der Waals surface area contributed by atoms with Crippen LogP contribution >= 0.6 is 11.3 Å². The first-order valence-corrected chi connectivity index (χ1v) is 7.09. The molecule has 0 bridgehead atoms. The predicted octanol–water partition coefficient (Wildman–Crippen LogP) is 1.48. The van der Waals surface area contributed by atoms with E-state index >= 15 is 0 Å². The number of amides is 1. The number of carbonyl (C=O) groups is 1. The number of aliphatic hydroxyl groups is 1. The lowest BCUT2D eigenvalue weighted by molar-refractivity contribution is 0.0478.